The van der Waals surface area contributed by atoms with Gasteiger partial charge >= 0.3 is 0 Å². The normalized spacial score (nSPS) is 15.6. The molecule has 0 saturated carbocycles. The summed E-state index contributed by atoms with van der Waals surface area (Å²) < 4.78 is 19.2. The van der Waals surface area contributed by atoms with E-state index in [1.54, 1.807) is 4.90 Å². The van der Waals surface area contributed by atoms with Crippen molar-refractivity contribution in [2.45, 2.75) is 6.92 Å². The zero-order valence-corrected chi connectivity index (χ0v) is 10.3. The van der Waals surface area contributed by atoms with Crippen LogP contribution in [-0.2, 0) is 4.74 Å². The topological polar surface area (TPSA) is 54.5 Å². The monoisotopic (exact) mass is 253 g/mol. The second-order valence-electron chi connectivity index (χ2n) is 3.96. The minimum Gasteiger partial charge on any atom is -0.378 e. The number of carbonyl (C=O) groups excluding carboxylic acids is 1. The van der Waals surface area contributed by atoms with Crippen LogP contribution in [0.4, 0.5) is 10.2 Å². The van der Waals surface area contributed by atoms with Crippen LogP contribution < -0.4 is 5.32 Å². The summed E-state index contributed by atoms with van der Waals surface area (Å²) in [6.45, 7) is 4.39. The van der Waals surface area contributed by atoms with Crippen molar-refractivity contribution in [3.63, 3.8) is 0 Å². The quantitative estimate of drug-likeness (QED) is 0.877. The SMILES string of the molecule is CCNc1nccc(C(=O)N2CCOCC2)c1F. The van der Waals surface area contributed by atoms with Crippen molar-refractivity contribution < 1.29 is 13.9 Å². The summed E-state index contributed by atoms with van der Waals surface area (Å²) in [4.78, 5) is 17.6. The zero-order valence-electron chi connectivity index (χ0n) is 10.3. The van der Waals surface area contributed by atoms with Crippen molar-refractivity contribution in [1.82, 2.24) is 9.88 Å². The van der Waals surface area contributed by atoms with E-state index in [4.69, 9.17) is 4.74 Å². The third kappa shape index (κ3) is 2.59. The second kappa shape index (κ2) is 5.77. The Morgan fingerprint density at radius 3 is 2.94 bits per heavy atom. The van der Waals surface area contributed by atoms with Crippen LogP contribution in [0, 0.1) is 5.82 Å². The van der Waals surface area contributed by atoms with Gasteiger partial charge in [0.05, 0.1) is 18.8 Å². The van der Waals surface area contributed by atoms with Crippen LogP contribution in [-0.4, -0.2) is 48.6 Å². The van der Waals surface area contributed by atoms with E-state index in [0.717, 1.165) is 0 Å². The van der Waals surface area contributed by atoms with Gasteiger partial charge in [0.25, 0.3) is 5.91 Å². The summed E-state index contributed by atoms with van der Waals surface area (Å²) >= 11 is 0. The molecule has 0 aliphatic carbocycles. The van der Waals surface area contributed by atoms with Crippen LogP contribution in [0.3, 0.4) is 0 Å². The van der Waals surface area contributed by atoms with Crippen LogP contribution in [0.1, 0.15) is 17.3 Å². The lowest BCUT2D eigenvalue weighted by atomic mass is 10.2. The number of aromatic nitrogens is 1. The van der Waals surface area contributed by atoms with Gasteiger partial charge in [0.2, 0.25) is 0 Å². The molecule has 1 aliphatic heterocycles. The third-order valence-corrected chi connectivity index (χ3v) is 2.76. The molecule has 6 heteroatoms. The first-order valence-corrected chi connectivity index (χ1v) is 5.99. The molecule has 18 heavy (non-hydrogen) atoms. The molecule has 1 aromatic rings. The standard InChI is InChI=1S/C12H16FN3O2/c1-2-14-11-10(13)9(3-4-15-11)12(17)16-5-7-18-8-6-16/h3-4H,2,5-8H2,1H3,(H,14,15). The van der Waals surface area contributed by atoms with Crippen LogP contribution >= 0.6 is 0 Å². The number of ether oxygens (including phenoxy) is 1. The van der Waals surface area contributed by atoms with Gasteiger partial charge in [-0.2, -0.15) is 0 Å². The predicted molar refractivity (Wildman–Crippen MR) is 65.1 cm³/mol. The Kier molecular flexibility index (Phi) is 4.09. The fourth-order valence-electron chi connectivity index (χ4n) is 1.84. The molecule has 2 rings (SSSR count). The van der Waals surface area contributed by atoms with E-state index in [0.29, 0.717) is 32.8 Å². The Morgan fingerprint density at radius 1 is 1.56 bits per heavy atom. The van der Waals surface area contributed by atoms with Gasteiger partial charge < -0.3 is 15.0 Å². The van der Waals surface area contributed by atoms with E-state index in [9.17, 15) is 9.18 Å². The Morgan fingerprint density at radius 2 is 2.28 bits per heavy atom. The molecule has 1 fully saturated rings. The average molecular weight is 253 g/mol. The molecule has 0 bridgehead atoms. The lowest BCUT2D eigenvalue weighted by molar-refractivity contribution is 0.0300. The van der Waals surface area contributed by atoms with E-state index in [1.165, 1.54) is 12.3 Å². The predicted octanol–water partition coefficient (Wildman–Crippen LogP) is 1.12. The maximum Gasteiger partial charge on any atom is 0.257 e. The molecule has 1 aromatic heterocycles. The molecule has 1 amide bonds. The molecule has 0 spiro atoms. The van der Waals surface area contributed by atoms with Crippen molar-refractivity contribution in [2.75, 3.05) is 38.2 Å². The molecular weight excluding hydrogens is 237 g/mol. The van der Waals surface area contributed by atoms with E-state index < -0.39 is 5.82 Å². The number of nitrogens with one attached hydrogen (secondary N) is 1. The summed E-state index contributed by atoms with van der Waals surface area (Å²) in [5.41, 5.74) is 0.0582. The molecule has 0 atom stereocenters. The number of anilines is 1. The van der Waals surface area contributed by atoms with E-state index >= 15 is 0 Å². The summed E-state index contributed by atoms with van der Waals surface area (Å²) in [6, 6.07) is 1.41. The van der Waals surface area contributed by atoms with Gasteiger partial charge in [0, 0.05) is 25.8 Å². The van der Waals surface area contributed by atoms with Crippen molar-refractivity contribution in [1.29, 1.82) is 0 Å². The maximum atomic E-state index is 14.1. The highest BCUT2D eigenvalue weighted by Crippen LogP contribution is 2.17. The molecule has 0 aromatic carbocycles. The van der Waals surface area contributed by atoms with Crippen molar-refractivity contribution in [3.8, 4) is 0 Å². The number of halogens is 1. The Labute approximate surface area is 105 Å². The molecule has 0 unspecified atom stereocenters. The first-order valence-electron chi connectivity index (χ1n) is 5.99. The first kappa shape index (κ1) is 12.8. The van der Waals surface area contributed by atoms with Gasteiger partial charge in [-0.05, 0) is 13.0 Å². The smallest absolute Gasteiger partial charge is 0.257 e. The summed E-state index contributed by atoms with van der Waals surface area (Å²) in [6.07, 6.45) is 1.44. The number of amides is 1. The Bertz CT molecular complexity index is 433. The number of carbonyl (C=O) groups is 1. The Balaban J connectivity index is 2.21. The molecular formula is C12H16FN3O2. The molecule has 0 radical (unpaired) electrons. The van der Waals surface area contributed by atoms with E-state index in [-0.39, 0.29) is 17.3 Å². The number of pyridine rings is 1. The van der Waals surface area contributed by atoms with Crippen LogP contribution in [0.2, 0.25) is 0 Å². The van der Waals surface area contributed by atoms with Gasteiger partial charge in [-0.1, -0.05) is 0 Å². The first-order chi connectivity index (χ1) is 8.74. The summed E-state index contributed by atoms with van der Waals surface area (Å²) in [5, 5.41) is 2.79. The second-order valence-corrected chi connectivity index (χ2v) is 3.96. The lowest BCUT2D eigenvalue weighted by Crippen LogP contribution is -2.41. The van der Waals surface area contributed by atoms with Gasteiger partial charge in [-0.15, -0.1) is 0 Å². The van der Waals surface area contributed by atoms with Crippen LogP contribution in [0.15, 0.2) is 12.3 Å². The fraction of sp³-hybridized carbons (Fsp3) is 0.500. The van der Waals surface area contributed by atoms with Crippen LogP contribution in [0.5, 0.6) is 0 Å². The van der Waals surface area contributed by atoms with Crippen molar-refractivity contribution in [3.05, 3.63) is 23.6 Å². The molecule has 1 aliphatic rings. The molecule has 98 valence electrons. The number of rotatable bonds is 3. The van der Waals surface area contributed by atoms with Gasteiger partial charge in [-0.25, -0.2) is 9.37 Å². The van der Waals surface area contributed by atoms with Crippen LogP contribution in [0.25, 0.3) is 0 Å². The number of morpholine rings is 1. The highest BCUT2D eigenvalue weighted by atomic mass is 19.1. The summed E-state index contributed by atoms with van der Waals surface area (Å²) in [7, 11) is 0. The van der Waals surface area contributed by atoms with E-state index in [1.807, 2.05) is 6.92 Å². The number of hydrogen-bond donors (Lipinski definition) is 1. The highest BCUT2D eigenvalue weighted by Gasteiger charge is 2.22. The van der Waals surface area contributed by atoms with Crippen molar-refractivity contribution in [2.24, 2.45) is 0 Å². The zero-order chi connectivity index (χ0) is 13.0. The Hall–Kier alpha value is -1.69. The minimum atomic E-state index is -0.587. The lowest BCUT2D eigenvalue weighted by Gasteiger charge is -2.27. The van der Waals surface area contributed by atoms with Crippen molar-refractivity contribution >= 4 is 11.7 Å². The number of nitrogens with zero attached hydrogens (tertiary/aromatic N) is 2. The minimum absolute atomic E-state index is 0.0582. The van der Waals surface area contributed by atoms with Gasteiger partial charge in [-0.3, -0.25) is 4.79 Å². The molecule has 2 heterocycles. The molecule has 5 nitrogen and oxygen atoms in total. The molecule has 1 saturated heterocycles. The van der Waals surface area contributed by atoms with Gasteiger partial charge in [0.1, 0.15) is 0 Å². The summed E-state index contributed by atoms with van der Waals surface area (Å²) in [5.74, 6) is -0.773. The average Bonchev–Trinajstić information content (AvgIpc) is 2.42. The largest absolute Gasteiger partial charge is 0.378 e. The third-order valence-electron chi connectivity index (χ3n) is 2.76. The van der Waals surface area contributed by atoms with Gasteiger partial charge in [0.15, 0.2) is 11.6 Å². The van der Waals surface area contributed by atoms with E-state index in [2.05, 4.69) is 10.3 Å². The fourth-order valence-corrected chi connectivity index (χ4v) is 1.84. The number of hydrogen-bond acceptors (Lipinski definition) is 4. The maximum absolute atomic E-state index is 14.1. The molecule has 1 N–H and O–H groups in total. The highest BCUT2D eigenvalue weighted by molar-refractivity contribution is 5.95.